The van der Waals surface area contributed by atoms with Gasteiger partial charge in [-0.1, -0.05) is 18.2 Å². The molecule has 38 heavy (non-hydrogen) atoms. The van der Waals surface area contributed by atoms with Gasteiger partial charge in [-0.15, -0.1) is 0 Å². The van der Waals surface area contributed by atoms with E-state index in [0.29, 0.717) is 22.8 Å². The third-order valence-electron chi connectivity index (χ3n) is 6.36. The molecule has 3 rings (SSSR count). The summed E-state index contributed by atoms with van der Waals surface area (Å²) in [7, 11) is -9.82. The normalized spacial score (nSPS) is 13.3. The number of hydrogen-bond donors (Lipinski definition) is 1. The summed E-state index contributed by atoms with van der Waals surface area (Å²) in [6, 6.07) is 10.6. The van der Waals surface area contributed by atoms with Gasteiger partial charge in [-0.05, 0) is 80.8 Å². The average Bonchev–Trinajstić information content (AvgIpc) is 2.86. The number of rotatable bonds is 9. The maximum atomic E-state index is 12.3. The van der Waals surface area contributed by atoms with E-state index in [-0.39, 0.29) is 35.1 Å². The van der Waals surface area contributed by atoms with Crippen molar-refractivity contribution in [1.82, 2.24) is 0 Å². The first-order valence-electron chi connectivity index (χ1n) is 12.1. The van der Waals surface area contributed by atoms with Crippen molar-refractivity contribution >= 4 is 66.8 Å². The van der Waals surface area contributed by atoms with E-state index < -0.39 is 30.0 Å². The Hall–Kier alpha value is -2.05. The average molecular weight is 568 g/mol. The first-order valence-corrected chi connectivity index (χ1v) is 14.9. The molecule has 0 spiro atoms. The van der Waals surface area contributed by atoms with Crippen molar-refractivity contribution in [3.63, 3.8) is 0 Å². The molecule has 1 aliphatic carbocycles. The molecule has 1 radical (unpaired) electrons. The van der Waals surface area contributed by atoms with Gasteiger partial charge in [0.1, 0.15) is 23.2 Å². The van der Waals surface area contributed by atoms with Gasteiger partial charge in [0.05, 0.1) is 9.79 Å². The first kappa shape index (κ1) is 32.2. The van der Waals surface area contributed by atoms with Crippen LogP contribution in [0.5, 0.6) is 0 Å². The Morgan fingerprint density at radius 2 is 1.42 bits per heavy atom. The summed E-state index contributed by atoms with van der Waals surface area (Å²) in [5, 5.41) is 0. The zero-order chi connectivity index (χ0) is 27.4. The van der Waals surface area contributed by atoms with E-state index in [9.17, 15) is 25.9 Å². The molecule has 0 aromatic heterocycles. The number of allylic oxidation sites excluding steroid dienone is 5. The standard InChI is InChI=1S/C27H32N2O6S2.Na/c1-5-28(6-2)22-13-9-20(10-14-22)27(21-11-15-23(16-12-21)29(7-3)8-4)25-18-17-24(36(30,31)32)19-26(25)37(33,34)35;/h9-19H,5-8H2,1-4H3,(H-,30,31,32,33,34,35);. The fourth-order valence-electron chi connectivity index (χ4n) is 4.41. The molecule has 0 heterocycles. The zero-order valence-electron chi connectivity index (χ0n) is 22.4. The summed E-state index contributed by atoms with van der Waals surface area (Å²) >= 11 is 0. The Balaban J connectivity index is 0.00000507. The molecular weight excluding hydrogens is 535 g/mol. The molecule has 2 aromatic rings. The van der Waals surface area contributed by atoms with Crippen LogP contribution in [0.25, 0.3) is 5.57 Å². The fraction of sp³-hybridized carbons (Fsp3) is 0.296. The monoisotopic (exact) mass is 567 g/mol. The molecule has 199 valence electrons. The van der Waals surface area contributed by atoms with E-state index in [0.717, 1.165) is 43.6 Å². The Morgan fingerprint density at radius 3 is 1.87 bits per heavy atom. The minimum Gasteiger partial charge on any atom is -0.744 e. The predicted molar refractivity (Wildman–Crippen MR) is 151 cm³/mol. The van der Waals surface area contributed by atoms with Crippen molar-refractivity contribution in [2.24, 2.45) is 0 Å². The van der Waals surface area contributed by atoms with Crippen LogP contribution in [0.15, 0.2) is 82.1 Å². The van der Waals surface area contributed by atoms with E-state index in [1.807, 2.05) is 48.6 Å². The van der Waals surface area contributed by atoms with Crippen LogP contribution >= 0.6 is 0 Å². The van der Waals surface area contributed by atoms with Gasteiger partial charge < -0.3 is 9.45 Å². The van der Waals surface area contributed by atoms with Gasteiger partial charge >= 0.3 is 0 Å². The molecule has 0 fully saturated rings. The molecule has 1 N–H and O–H groups in total. The molecule has 0 bridgehead atoms. The van der Waals surface area contributed by atoms with Gasteiger partial charge in [0, 0.05) is 66.0 Å². The Morgan fingerprint density at radius 1 is 0.868 bits per heavy atom. The van der Waals surface area contributed by atoms with Crippen LogP contribution in [-0.4, -0.2) is 92.0 Å². The van der Waals surface area contributed by atoms with Crippen LogP contribution in [0.2, 0.25) is 0 Å². The number of benzene rings is 2. The van der Waals surface area contributed by atoms with E-state index >= 15 is 0 Å². The van der Waals surface area contributed by atoms with Crippen LogP contribution in [-0.2, 0) is 20.2 Å². The van der Waals surface area contributed by atoms with Crippen molar-refractivity contribution in [3.8, 4) is 0 Å². The number of anilines is 1. The molecule has 0 saturated heterocycles. The zero-order valence-corrected chi connectivity index (χ0v) is 26.0. The van der Waals surface area contributed by atoms with Gasteiger partial charge in [-0.2, -0.15) is 8.42 Å². The van der Waals surface area contributed by atoms with Gasteiger partial charge in [-0.25, -0.2) is 13.0 Å². The van der Waals surface area contributed by atoms with Crippen molar-refractivity contribution in [2.75, 3.05) is 31.1 Å². The first-order chi connectivity index (χ1) is 17.4. The summed E-state index contributed by atoms with van der Waals surface area (Å²) in [5.41, 5.74) is 3.78. The minimum atomic E-state index is -5.10. The second-order valence-electron chi connectivity index (χ2n) is 8.40. The molecule has 2 aromatic carbocycles. The molecule has 8 nitrogen and oxygen atoms in total. The number of hydrogen-bond acceptors (Lipinski definition) is 6. The van der Waals surface area contributed by atoms with E-state index in [1.54, 1.807) is 0 Å². The van der Waals surface area contributed by atoms with E-state index in [4.69, 9.17) is 0 Å². The maximum absolute atomic E-state index is 12.3. The summed E-state index contributed by atoms with van der Waals surface area (Å²) < 4.78 is 71.9. The second kappa shape index (κ2) is 13.3. The largest absolute Gasteiger partial charge is 0.744 e. The summed E-state index contributed by atoms with van der Waals surface area (Å²) in [6.07, 6.45) is 7.54. The smallest absolute Gasteiger partial charge is 0.294 e. The summed E-state index contributed by atoms with van der Waals surface area (Å²) in [6.45, 7) is 11.5. The third-order valence-corrected chi connectivity index (χ3v) is 8.08. The molecule has 11 heteroatoms. The fourth-order valence-corrected chi connectivity index (χ4v) is 5.70. The minimum absolute atomic E-state index is 0. The molecule has 0 aliphatic heterocycles. The van der Waals surface area contributed by atoms with Gasteiger partial charge in [0.2, 0.25) is 0 Å². The van der Waals surface area contributed by atoms with Crippen LogP contribution in [0.1, 0.15) is 38.8 Å². The van der Waals surface area contributed by atoms with Gasteiger partial charge in [-0.3, -0.25) is 4.55 Å². The molecular formula is C27H32N2NaO6S2. The Kier molecular flexibility index (Phi) is 11.3. The number of nitrogens with zero attached hydrogens (tertiary/aromatic N) is 2. The SMILES string of the molecule is CCN(CC)c1ccc(C(=C2C=CC(=[N+](CC)CC)C=C2)c2ccc(S(=O)(=O)O)cc2S(=O)(=O)[O-])cc1.[Na]. The van der Waals surface area contributed by atoms with Crippen molar-refractivity contribution < 1.29 is 30.5 Å². The summed E-state index contributed by atoms with van der Waals surface area (Å²) in [4.78, 5) is 0.772. The molecule has 0 unspecified atom stereocenters. The van der Waals surface area contributed by atoms with Crippen molar-refractivity contribution in [3.05, 3.63) is 83.5 Å². The van der Waals surface area contributed by atoms with Crippen molar-refractivity contribution in [2.45, 2.75) is 37.5 Å². The van der Waals surface area contributed by atoms with E-state index in [1.165, 1.54) is 6.07 Å². The van der Waals surface area contributed by atoms with Gasteiger partial charge in [0.25, 0.3) is 10.1 Å². The molecule has 0 saturated carbocycles. The molecule has 0 amide bonds. The van der Waals surface area contributed by atoms with Gasteiger partial charge in [0.15, 0.2) is 5.71 Å². The topological polar surface area (TPSA) is 118 Å². The van der Waals surface area contributed by atoms with E-state index in [2.05, 4.69) is 37.2 Å². The van der Waals surface area contributed by atoms with Crippen LogP contribution in [0, 0.1) is 0 Å². The third kappa shape index (κ3) is 7.32. The maximum Gasteiger partial charge on any atom is 0.294 e. The Bertz CT molecular complexity index is 1480. The van der Waals surface area contributed by atoms with Crippen LogP contribution < -0.4 is 4.90 Å². The van der Waals surface area contributed by atoms with Crippen LogP contribution in [0.3, 0.4) is 0 Å². The van der Waals surface area contributed by atoms with Crippen molar-refractivity contribution in [1.29, 1.82) is 0 Å². The quantitative estimate of drug-likeness (QED) is 0.279. The predicted octanol–water partition coefficient (Wildman–Crippen LogP) is 3.72. The Labute approximate surface area is 247 Å². The summed E-state index contributed by atoms with van der Waals surface area (Å²) in [5.74, 6) is 0. The molecule has 0 atom stereocenters. The molecule has 1 aliphatic rings. The second-order valence-corrected chi connectivity index (χ2v) is 11.2. The van der Waals surface area contributed by atoms with Crippen LogP contribution in [0.4, 0.5) is 5.69 Å².